The van der Waals surface area contributed by atoms with Crippen molar-refractivity contribution in [1.82, 2.24) is 15.0 Å². The Morgan fingerprint density at radius 2 is 1.90 bits per heavy atom. The molecule has 3 aromatic rings. The minimum atomic E-state index is -4.58. The number of aromatic hydroxyl groups is 1. The molecule has 31 heavy (non-hydrogen) atoms. The fraction of sp³-hybridized carbons (Fsp3) is 0.200. The Morgan fingerprint density at radius 1 is 1.10 bits per heavy atom. The molecule has 11 heteroatoms. The van der Waals surface area contributed by atoms with Gasteiger partial charge in [0, 0.05) is 13.1 Å². The number of nitrogens with zero attached hydrogens (tertiary/aromatic N) is 4. The van der Waals surface area contributed by atoms with Crippen molar-refractivity contribution in [3.8, 4) is 17.1 Å². The van der Waals surface area contributed by atoms with E-state index in [0.29, 0.717) is 25.2 Å². The molecule has 1 aliphatic heterocycles. The molecule has 0 saturated heterocycles. The summed E-state index contributed by atoms with van der Waals surface area (Å²) in [6, 6.07) is 9.11. The molecule has 0 atom stereocenters. The Labute approximate surface area is 174 Å². The van der Waals surface area contributed by atoms with Crippen LogP contribution in [0.2, 0.25) is 0 Å². The van der Waals surface area contributed by atoms with Crippen LogP contribution >= 0.6 is 0 Å². The summed E-state index contributed by atoms with van der Waals surface area (Å²) >= 11 is 0. The van der Waals surface area contributed by atoms with Gasteiger partial charge in [0.2, 0.25) is 0 Å². The number of alkyl halides is 3. The van der Waals surface area contributed by atoms with E-state index in [1.54, 1.807) is 12.1 Å². The van der Waals surface area contributed by atoms with Gasteiger partial charge in [0.15, 0.2) is 5.82 Å². The number of carbonyl (C=O) groups is 1. The summed E-state index contributed by atoms with van der Waals surface area (Å²) < 4.78 is 39.1. The molecule has 0 radical (unpaired) electrons. The second kappa shape index (κ2) is 8.09. The number of nitrogens with one attached hydrogen (secondary N) is 2. The summed E-state index contributed by atoms with van der Waals surface area (Å²) in [7, 11) is 0. The molecule has 0 spiro atoms. The zero-order valence-corrected chi connectivity index (χ0v) is 16.0. The molecule has 0 fully saturated rings. The van der Waals surface area contributed by atoms with Crippen LogP contribution in [0.4, 0.5) is 35.3 Å². The Kier molecular flexibility index (Phi) is 5.32. The molecule has 3 N–H and O–H groups in total. The Bertz CT molecular complexity index is 1100. The smallest absolute Gasteiger partial charge is 0.433 e. The van der Waals surface area contributed by atoms with Crippen molar-refractivity contribution in [1.29, 1.82) is 0 Å². The minimum absolute atomic E-state index is 0.0396. The van der Waals surface area contributed by atoms with Gasteiger partial charge in [0.25, 0.3) is 0 Å². The number of anilines is 3. The third kappa shape index (κ3) is 4.49. The lowest BCUT2D eigenvalue weighted by atomic mass is 10.2. The monoisotopic (exact) mass is 430 g/mol. The first-order valence-corrected chi connectivity index (χ1v) is 9.34. The van der Waals surface area contributed by atoms with Crippen LogP contribution in [0.3, 0.4) is 0 Å². The summed E-state index contributed by atoms with van der Waals surface area (Å²) in [6.45, 7) is 0.924. The van der Waals surface area contributed by atoms with Gasteiger partial charge < -0.3 is 10.4 Å². The average molecular weight is 430 g/mol. The van der Waals surface area contributed by atoms with Crippen LogP contribution in [0.25, 0.3) is 11.4 Å². The van der Waals surface area contributed by atoms with Crippen LogP contribution in [0.1, 0.15) is 12.1 Å². The highest BCUT2D eigenvalue weighted by atomic mass is 19.4. The number of aromatic nitrogens is 3. The van der Waals surface area contributed by atoms with Gasteiger partial charge in [0.1, 0.15) is 17.3 Å². The molecular weight excluding hydrogens is 413 g/mol. The number of carbonyl (C=O) groups excluding carboxylic acids is 1. The number of hydrogen-bond acceptors (Lipinski definition) is 6. The van der Waals surface area contributed by atoms with E-state index < -0.39 is 17.9 Å². The number of pyridine rings is 3. The van der Waals surface area contributed by atoms with Crippen LogP contribution in [-0.4, -0.2) is 39.2 Å². The van der Waals surface area contributed by atoms with E-state index in [1.165, 1.54) is 35.4 Å². The zero-order valence-electron chi connectivity index (χ0n) is 16.0. The Hall–Kier alpha value is -3.89. The van der Waals surface area contributed by atoms with E-state index in [0.717, 1.165) is 6.07 Å². The fourth-order valence-corrected chi connectivity index (χ4v) is 3.07. The van der Waals surface area contributed by atoms with Crippen LogP contribution in [0, 0.1) is 0 Å². The Balaban J connectivity index is 1.68. The summed E-state index contributed by atoms with van der Waals surface area (Å²) in [5.41, 5.74) is -0.202. The number of urea groups is 1. The molecule has 2 amide bonds. The van der Waals surface area contributed by atoms with Gasteiger partial charge in [-0.1, -0.05) is 6.07 Å². The van der Waals surface area contributed by atoms with Gasteiger partial charge in [-0.25, -0.2) is 19.7 Å². The summed E-state index contributed by atoms with van der Waals surface area (Å²) in [6.07, 6.45) is -2.75. The molecule has 160 valence electrons. The van der Waals surface area contributed by atoms with Gasteiger partial charge in [-0.15, -0.1) is 0 Å². The van der Waals surface area contributed by atoms with Crippen molar-refractivity contribution in [2.24, 2.45) is 0 Å². The summed E-state index contributed by atoms with van der Waals surface area (Å²) in [5, 5.41) is 15.1. The predicted octanol–water partition coefficient (Wildman–Crippen LogP) is 4.12. The SMILES string of the molecule is O=C(Nc1ccc(O)cn1)N1CCCNc2ccc(-c3cccc(C(F)(F)F)n3)nc21. The molecule has 0 aliphatic carbocycles. The first-order chi connectivity index (χ1) is 14.8. The Morgan fingerprint density at radius 3 is 2.65 bits per heavy atom. The maximum absolute atomic E-state index is 13.0. The van der Waals surface area contributed by atoms with Crippen molar-refractivity contribution < 1.29 is 23.1 Å². The van der Waals surface area contributed by atoms with Gasteiger partial charge >= 0.3 is 12.2 Å². The van der Waals surface area contributed by atoms with E-state index in [-0.39, 0.29) is 28.8 Å². The number of amides is 2. The third-order valence-corrected chi connectivity index (χ3v) is 4.53. The zero-order chi connectivity index (χ0) is 22.0. The second-order valence-electron chi connectivity index (χ2n) is 6.74. The highest BCUT2D eigenvalue weighted by Gasteiger charge is 2.32. The van der Waals surface area contributed by atoms with Crippen molar-refractivity contribution >= 4 is 23.4 Å². The normalized spacial score (nSPS) is 13.7. The summed E-state index contributed by atoms with van der Waals surface area (Å²) in [5.74, 6) is 0.463. The second-order valence-corrected chi connectivity index (χ2v) is 6.74. The maximum atomic E-state index is 13.0. The van der Waals surface area contributed by atoms with Crippen LogP contribution in [0.5, 0.6) is 5.75 Å². The highest BCUT2D eigenvalue weighted by Crippen LogP contribution is 2.32. The molecule has 3 aromatic heterocycles. The standard InChI is InChI=1S/C20H17F3N6O2/c21-20(22,23)16-4-1-3-13(26-16)14-6-7-15-18(27-14)29(10-2-9-24-15)19(31)28-17-8-5-12(30)11-25-17/h1,3-8,11,24,30H,2,9-10H2,(H,25,28,31). The van der Waals surface area contributed by atoms with E-state index in [1.807, 2.05) is 0 Å². The lowest BCUT2D eigenvalue weighted by Gasteiger charge is -2.22. The minimum Gasteiger partial charge on any atom is -0.506 e. The molecule has 8 nitrogen and oxygen atoms in total. The van der Waals surface area contributed by atoms with Crippen molar-refractivity contribution in [2.75, 3.05) is 28.6 Å². The van der Waals surface area contributed by atoms with Crippen molar-refractivity contribution in [3.63, 3.8) is 0 Å². The number of hydrogen-bond donors (Lipinski definition) is 3. The van der Waals surface area contributed by atoms with Crippen LogP contribution in [-0.2, 0) is 6.18 Å². The highest BCUT2D eigenvalue weighted by molar-refractivity contribution is 6.02. The maximum Gasteiger partial charge on any atom is 0.433 e. The lowest BCUT2D eigenvalue weighted by molar-refractivity contribution is -0.141. The molecule has 0 aromatic carbocycles. The molecule has 4 rings (SSSR count). The van der Waals surface area contributed by atoms with Gasteiger partial charge in [0.05, 0.1) is 23.3 Å². The molecular formula is C20H17F3N6O2. The van der Waals surface area contributed by atoms with Crippen molar-refractivity contribution in [2.45, 2.75) is 12.6 Å². The lowest BCUT2D eigenvalue weighted by Crippen LogP contribution is -2.36. The molecule has 1 aliphatic rings. The number of rotatable bonds is 2. The van der Waals surface area contributed by atoms with E-state index in [2.05, 4.69) is 25.6 Å². The van der Waals surface area contributed by atoms with Gasteiger partial charge in [-0.05, 0) is 42.8 Å². The van der Waals surface area contributed by atoms with Crippen molar-refractivity contribution in [3.05, 3.63) is 54.4 Å². The third-order valence-electron chi connectivity index (χ3n) is 4.53. The predicted molar refractivity (Wildman–Crippen MR) is 108 cm³/mol. The van der Waals surface area contributed by atoms with E-state index in [4.69, 9.17) is 0 Å². The van der Waals surface area contributed by atoms with E-state index in [9.17, 15) is 23.1 Å². The molecule has 0 bridgehead atoms. The fourth-order valence-electron chi connectivity index (χ4n) is 3.07. The topological polar surface area (TPSA) is 103 Å². The molecule has 4 heterocycles. The van der Waals surface area contributed by atoms with Crippen LogP contribution in [0.15, 0.2) is 48.7 Å². The molecule has 0 saturated carbocycles. The van der Waals surface area contributed by atoms with Gasteiger partial charge in [-0.3, -0.25) is 10.2 Å². The van der Waals surface area contributed by atoms with E-state index >= 15 is 0 Å². The van der Waals surface area contributed by atoms with Crippen LogP contribution < -0.4 is 15.5 Å². The number of fused-ring (bicyclic) bond motifs is 1. The summed E-state index contributed by atoms with van der Waals surface area (Å²) in [4.78, 5) is 26.3. The molecule has 0 unspecified atom stereocenters. The largest absolute Gasteiger partial charge is 0.506 e. The first kappa shape index (κ1) is 20.4. The van der Waals surface area contributed by atoms with Gasteiger partial charge in [-0.2, -0.15) is 13.2 Å². The number of halogens is 3. The average Bonchev–Trinajstić information content (AvgIpc) is 2.97. The first-order valence-electron chi connectivity index (χ1n) is 9.34. The quantitative estimate of drug-likeness (QED) is 0.565.